The number of hydrogen-bond acceptors (Lipinski definition) is 5. The highest BCUT2D eigenvalue weighted by molar-refractivity contribution is 5.46. The number of benzene rings is 1. The number of rotatable bonds is 7. The molecular formula is C18H24N2O3. The number of β-amino-alcohol motifs (C(OH)–C–C–N with tert-alkyl or cyclic N) is 1. The second-order valence-electron chi connectivity index (χ2n) is 5.87. The van der Waals surface area contributed by atoms with Crippen molar-refractivity contribution >= 4 is 5.69 Å². The van der Waals surface area contributed by atoms with Crippen LogP contribution in [0.1, 0.15) is 5.76 Å². The van der Waals surface area contributed by atoms with Crippen molar-refractivity contribution in [2.75, 3.05) is 44.2 Å². The fraction of sp³-hybridized carbons (Fsp3) is 0.444. The SMILES string of the molecule is O[C@H](COCc1ccco1)CN1CCN(c2ccccc2)CC1. The Kier molecular flexibility index (Phi) is 5.69. The number of aliphatic hydroxyl groups is 1. The molecule has 1 aromatic heterocycles. The van der Waals surface area contributed by atoms with Gasteiger partial charge in [-0.15, -0.1) is 0 Å². The van der Waals surface area contributed by atoms with E-state index >= 15 is 0 Å². The number of ether oxygens (including phenoxy) is 1. The van der Waals surface area contributed by atoms with E-state index in [9.17, 15) is 5.11 Å². The number of piperazine rings is 1. The third kappa shape index (κ3) is 4.82. The maximum Gasteiger partial charge on any atom is 0.129 e. The van der Waals surface area contributed by atoms with Crippen LogP contribution in [0.4, 0.5) is 5.69 Å². The fourth-order valence-corrected chi connectivity index (χ4v) is 2.87. The third-order valence-electron chi connectivity index (χ3n) is 4.10. The van der Waals surface area contributed by atoms with Gasteiger partial charge in [0.1, 0.15) is 12.4 Å². The van der Waals surface area contributed by atoms with Crippen molar-refractivity contribution in [3.05, 3.63) is 54.5 Å². The van der Waals surface area contributed by atoms with E-state index in [1.165, 1.54) is 5.69 Å². The summed E-state index contributed by atoms with van der Waals surface area (Å²) < 4.78 is 10.7. The summed E-state index contributed by atoms with van der Waals surface area (Å²) in [5.41, 5.74) is 1.27. The third-order valence-corrected chi connectivity index (χ3v) is 4.10. The maximum atomic E-state index is 10.1. The summed E-state index contributed by atoms with van der Waals surface area (Å²) in [6, 6.07) is 14.2. The van der Waals surface area contributed by atoms with Crippen LogP contribution in [0.3, 0.4) is 0 Å². The maximum absolute atomic E-state index is 10.1. The molecule has 0 bridgehead atoms. The highest BCUT2D eigenvalue weighted by Crippen LogP contribution is 2.15. The van der Waals surface area contributed by atoms with Crippen LogP contribution >= 0.6 is 0 Å². The molecule has 3 rings (SSSR count). The zero-order chi connectivity index (χ0) is 15.9. The molecule has 5 nitrogen and oxygen atoms in total. The van der Waals surface area contributed by atoms with Gasteiger partial charge in [0.2, 0.25) is 0 Å². The van der Waals surface area contributed by atoms with E-state index < -0.39 is 6.10 Å². The van der Waals surface area contributed by atoms with E-state index in [1.54, 1.807) is 6.26 Å². The highest BCUT2D eigenvalue weighted by Gasteiger charge is 2.19. The summed E-state index contributed by atoms with van der Waals surface area (Å²) in [5.74, 6) is 0.786. The highest BCUT2D eigenvalue weighted by atomic mass is 16.5. The van der Waals surface area contributed by atoms with Crippen LogP contribution in [-0.2, 0) is 11.3 Å². The van der Waals surface area contributed by atoms with Gasteiger partial charge in [0.05, 0.1) is 19.0 Å². The van der Waals surface area contributed by atoms with Crippen molar-refractivity contribution < 1.29 is 14.3 Å². The molecule has 0 aliphatic carbocycles. The van der Waals surface area contributed by atoms with E-state index in [4.69, 9.17) is 9.15 Å². The van der Waals surface area contributed by atoms with Crippen LogP contribution in [0, 0.1) is 0 Å². The van der Waals surface area contributed by atoms with Crippen molar-refractivity contribution in [2.45, 2.75) is 12.7 Å². The zero-order valence-electron chi connectivity index (χ0n) is 13.3. The molecule has 2 aromatic rings. The van der Waals surface area contributed by atoms with Gasteiger partial charge >= 0.3 is 0 Å². The Labute approximate surface area is 137 Å². The molecule has 1 saturated heterocycles. The van der Waals surface area contributed by atoms with Crippen LogP contribution < -0.4 is 4.90 Å². The molecule has 0 amide bonds. The summed E-state index contributed by atoms with van der Waals surface area (Å²) in [6.45, 7) is 5.30. The minimum atomic E-state index is -0.465. The molecule has 1 atom stereocenters. The van der Waals surface area contributed by atoms with Gasteiger partial charge < -0.3 is 19.2 Å². The standard InChI is InChI=1S/C18H24N2O3/c21-17(14-22-15-18-7-4-12-23-18)13-19-8-10-20(11-9-19)16-5-2-1-3-6-16/h1-7,12,17,21H,8-11,13-15H2/t17-/m0/s1. The van der Waals surface area contributed by atoms with Gasteiger partial charge in [-0.2, -0.15) is 0 Å². The van der Waals surface area contributed by atoms with Crippen molar-refractivity contribution in [1.29, 1.82) is 0 Å². The Morgan fingerprint density at radius 2 is 1.83 bits per heavy atom. The number of hydrogen-bond donors (Lipinski definition) is 1. The quantitative estimate of drug-likeness (QED) is 0.846. The second-order valence-corrected chi connectivity index (χ2v) is 5.87. The molecule has 1 N–H and O–H groups in total. The first kappa shape index (κ1) is 16.1. The number of nitrogens with zero attached hydrogens (tertiary/aromatic N) is 2. The molecule has 0 radical (unpaired) electrons. The van der Waals surface area contributed by atoms with Gasteiger partial charge in [-0.1, -0.05) is 18.2 Å². The van der Waals surface area contributed by atoms with Crippen molar-refractivity contribution in [3.8, 4) is 0 Å². The summed E-state index contributed by atoms with van der Waals surface area (Å²) in [6.07, 6.45) is 1.16. The fourth-order valence-electron chi connectivity index (χ4n) is 2.87. The predicted molar refractivity (Wildman–Crippen MR) is 89.5 cm³/mol. The Hall–Kier alpha value is -1.82. The molecule has 0 saturated carbocycles. The monoisotopic (exact) mass is 316 g/mol. The first-order chi connectivity index (χ1) is 11.3. The zero-order valence-corrected chi connectivity index (χ0v) is 13.3. The topological polar surface area (TPSA) is 49.1 Å². The minimum Gasteiger partial charge on any atom is -0.467 e. The van der Waals surface area contributed by atoms with E-state index in [2.05, 4.69) is 34.1 Å². The molecular weight excluding hydrogens is 292 g/mol. The number of para-hydroxylation sites is 1. The smallest absolute Gasteiger partial charge is 0.129 e. The molecule has 1 aliphatic heterocycles. The first-order valence-corrected chi connectivity index (χ1v) is 8.12. The molecule has 1 aromatic carbocycles. The van der Waals surface area contributed by atoms with Crippen molar-refractivity contribution in [3.63, 3.8) is 0 Å². The lowest BCUT2D eigenvalue weighted by molar-refractivity contribution is 0.00442. The average molecular weight is 316 g/mol. The Morgan fingerprint density at radius 3 is 2.52 bits per heavy atom. The molecule has 1 aliphatic rings. The predicted octanol–water partition coefficient (Wildman–Crippen LogP) is 1.98. The molecule has 23 heavy (non-hydrogen) atoms. The normalized spacial score (nSPS) is 17.3. The van der Waals surface area contributed by atoms with Gasteiger partial charge in [0.25, 0.3) is 0 Å². The summed E-state index contributed by atoms with van der Waals surface area (Å²) in [7, 11) is 0. The van der Waals surface area contributed by atoms with E-state index in [-0.39, 0.29) is 0 Å². The minimum absolute atomic E-state index is 0.333. The summed E-state index contributed by atoms with van der Waals surface area (Å²) >= 11 is 0. The first-order valence-electron chi connectivity index (χ1n) is 8.12. The number of anilines is 1. The second kappa shape index (κ2) is 8.15. The Bertz CT molecular complexity index is 551. The van der Waals surface area contributed by atoms with E-state index in [0.717, 1.165) is 31.9 Å². The average Bonchev–Trinajstić information content (AvgIpc) is 3.10. The lowest BCUT2D eigenvalue weighted by Crippen LogP contribution is -2.49. The number of aliphatic hydroxyl groups excluding tert-OH is 1. The molecule has 5 heteroatoms. The van der Waals surface area contributed by atoms with Crippen LogP contribution in [0.25, 0.3) is 0 Å². The molecule has 2 heterocycles. The van der Waals surface area contributed by atoms with Gasteiger partial charge in [-0.05, 0) is 24.3 Å². The lowest BCUT2D eigenvalue weighted by atomic mass is 10.2. The van der Waals surface area contributed by atoms with Crippen LogP contribution in [-0.4, -0.2) is 55.4 Å². The lowest BCUT2D eigenvalue weighted by Gasteiger charge is -2.36. The molecule has 1 fully saturated rings. The summed E-state index contributed by atoms with van der Waals surface area (Å²) in [5, 5.41) is 10.1. The van der Waals surface area contributed by atoms with Gasteiger partial charge in [0, 0.05) is 38.4 Å². The van der Waals surface area contributed by atoms with Crippen molar-refractivity contribution in [1.82, 2.24) is 4.90 Å². The molecule has 0 spiro atoms. The molecule has 0 unspecified atom stereocenters. The van der Waals surface area contributed by atoms with Crippen molar-refractivity contribution in [2.24, 2.45) is 0 Å². The largest absolute Gasteiger partial charge is 0.467 e. The number of furan rings is 1. The van der Waals surface area contributed by atoms with E-state index in [1.807, 2.05) is 18.2 Å². The van der Waals surface area contributed by atoms with Gasteiger partial charge in [0.15, 0.2) is 0 Å². The van der Waals surface area contributed by atoms with Crippen LogP contribution in [0.2, 0.25) is 0 Å². The van der Waals surface area contributed by atoms with Crippen LogP contribution in [0.15, 0.2) is 53.1 Å². The van der Waals surface area contributed by atoms with E-state index in [0.29, 0.717) is 19.8 Å². The summed E-state index contributed by atoms with van der Waals surface area (Å²) in [4.78, 5) is 4.68. The Morgan fingerprint density at radius 1 is 1.04 bits per heavy atom. The molecule has 124 valence electrons. The van der Waals surface area contributed by atoms with Crippen LogP contribution in [0.5, 0.6) is 0 Å². The van der Waals surface area contributed by atoms with Gasteiger partial charge in [-0.25, -0.2) is 0 Å². The van der Waals surface area contributed by atoms with Gasteiger partial charge in [-0.3, -0.25) is 4.90 Å². The Balaban J connectivity index is 1.35.